The number of para-hydroxylation sites is 1. The van der Waals surface area contributed by atoms with Crippen LogP contribution in [0.1, 0.15) is 23.5 Å². The molecule has 0 radical (unpaired) electrons. The van der Waals surface area contributed by atoms with Crippen LogP contribution in [-0.4, -0.2) is 43.5 Å². The van der Waals surface area contributed by atoms with Gasteiger partial charge in [-0.25, -0.2) is 4.98 Å². The minimum atomic E-state index is -4.47. The van der Waals surface area contributed by atoms with Crippen LogP contribution in [0, 0.1) is 0 Å². The largest absolute Gasteiger partial charge is 0.419 e. The van der Waals surface area contributed by atoms with Crippen LogP contribution in [0.4, 0.5) is 24.7 Å². The van der Waals surface area contributed by atoms with Crippen LogP contribution in [-0.2, 0) is 11.0 Å². The summed E-state index contributed by atoms with van der Waals surface area (Å²) in [5.41, 5.74) is 1.06. The Balaban J connectivity index is 1.49. The fraction of sp³-hybridized carbons (Fsp3) is 0.350. The third-order valence-corrected chi connectivity index (χ3v) is 4.67. The molecule has 0 saturated heterocycles. The molecule has 4 N–H and O–H groups in total. The molecule has 1 amide bonds. The number of carbonyl (C=O) groups is 1. The molecule has 2 heterocycles. The van der Waals surface area contributed by atoms with Crippen molar-refractivity contribution in [2.24, 2.45) is 4.99 Å². The molecule has 1 aliphatic heterocycles. The Hall–Kier alpha value is -3.30. The Morgan fingerprint density at radius 3 is 2.77 bits per heavy atom. The molecule has 1 aromatic heterocycles. The number of benzene rings is 1. The van der Waals surface area contributed by atoms with E-state index in [1.54, 1.807) is 7.05 Å². The number of nitrogens with one attached hydrogen (secondary N) is 4. The van der Waals surface area contributed by atoms with E-state index in [0.29, 0.717) is 25.5 Å². The molecule has 1 aliphatic rings. The van der Waals surface area contributed by atoms with E-state index in [-0.39, 0.29) is 24.2 Å². The molecule has 0 bridgehead atoms. The summed E-state index contributed by atoms with van der Waals surface area (Å²) < 4.78 is 39.0. The van der Waals surface area contributed by atoms with Crippen LogP contribution in [0.25, 0.3) is 0 Å². The normalized spacial score (nSPS) is 16.5. The summed E-state index contributed by atoms with van der Waals surface area (Å²) in [4.78, 5) is 19.8. The number of fused-ring (bicyclic) bond motifs is 1. The number of aliphatic imine (C=N–C) groups is 1. The van der Waals surface area contributed by atoms with Crippen molar-refractivity contribution in [3.8, 4) is 0 Å². The molecule has 10 heteroatoms. The second kappa shape index (κ2) is 9.47. The zero-order chi connectivity index (χ0) is 21.6. The molecule has 0 aliphatic carbocycles. The number of aromatic nitrogens is 1. The smallest absolute Gasteiger partial charge is 0.368 e. The molecule has 30 heavy (non-hydrogen) atoms. The lowest BCUT2D eigenvalue weighted by Crippen LogP contribution is -2.42. The van der Waals surface area contributed by atoms with E-state index < -0.39 is 11.7 Å². The average Bonchev–Trinajstić information content (AvgIpc) is 2.72. The molecule has 160 valence electrons. The number of amides is 1. The SMILES string of the molecule is CN=C(NCCNc1ncccc1C(F)(F)F)NCC1CC(=O)Nc2ccccc21. The second-order valence-corrected chi connectivity index (χ2v) is 6.74. The summed E-state index contributed by atoms with van der Waals surface area (Å²) in [7, 11) is 1.60. The Kier molecular flexibility index (Phi) is 6.76. The van der Waals surface area contributed by atoms with Crippen LogP contribution >= 0.6 is 0 Å². The number of carbonyl (C=O) groups excluding carboxylic acids is 1. The van der Waals surface area contributed by atoms with Gasteiger partial charge in [0.15, 0.2) is 5.96 Å². The zero-order valence-electron chi connectivity index (χ0n) is 16.4. The highest BCUT2D eigenvalue weighted by atomic mass is 19.4. The number of rotatable bonds is 6. The molecule has 3 rings (SSSR count). The second-order valence-electron chi connectivity index (χ2n) is 6.74. The van der Waals surface area contributed by atoms with Gasteiger partial charge in [0.1, 0.15) is 5.82 Å². The van der Waals surface area contributed by atoms with Crippen molar-refractivity contribution >= 4 is 23.4 Å². The average molecular weight is 420 g/mol. The van der Waals surface area contributed by atoms with E-state index in [1.807, 2.05) is 24.3 Å². The minimum absolute atomic E-state index is 0.00510. The first-order valence-electron chi connectivity index (χ1n) is 9.48. The van der Waals surface area contributed by atoms with Gasteiger partial charge in [-0.15, -0.1) is 0 Å². The molecule has 1 unspecified atom stereocenters. The van der Waals surface area contributed by atoms with E-state index in [0.717, 1.165) is 17.3 Å². The number of alkyl halides is 3. The summed E-state index contributed by atoms with van der Waals surface area (Å²) >= 11 is 0. The van der Waals surface area contributed by atoms with Crippen LogP contribution in [0.3, 0.4) is 0 Å². The van der Waals surface area contributed by atoms with Gasteiger partial charge in [0, 0.05) is 50.9 Å². The van der Waals surface area contributed by atoms with E-state index >= 15 is 0 Å². The zero-order valence-corrected chi connectivity index (χ0v) is 16.4. The van der Waals surface area contributed by atoms with E-state index in [9.17, 15) is 18.0 Å². The first kappa shape index (κ1) is 21.4. The lowest BCUT2D eigenvalue weighted by atomic mass is 9.90. The Labute approximate surface area is 172 Å². The quantitative estimate of drug-likeness (QED) is 0.328. The maximum atomic E-state index is 13.0. The summed E-state index contributed by atoms with van der Waals surface area (Å²) in [6.45, 7) is 1.04. The molecular formula is C20H23F3N6O. The first-order valence-corrected chi connectivity index (χ1v) is 9.48. The lowest BCUT2D eigenvalue weighted by molar-refractivity contribution is -0.137. The van der Waals surface area contributed by atoms with Gasteiger partial charge in [-0.3, -0.25) is 9.79 Å². The molecule has 1 atom stereocenters. The first-order chi connectivity index (χ1) is 14.4. The number of halogens is 3. The van der Waals surface area contributed by atoms with Crippen molar-refractivity contribution in [3.05, 3.63) is 53.7 Å². The Morgan fingerprint density at radius 1 is 1.20 bits per heavy atom. The molecule has 7 nitrogen and oxygen atoms in total. The van der Waals surface area contributed by atoms with Gasteiger partial charge in [-0.1, -0.05) is 18.2 Å². The fourth-order valence-electron chi connectivity index (χ4n) is 3.26. The summed E-state index contributed by atoms with van der Waals surface area (Å²) in [5, 5.41) is 11.8. The predicted molar refractivity (Wildman–Crippen MR) is 110 cm³/mol. The minimum Gasteiger partial charge on any atom is -0.368 e. The number of anilines is 2. The molecule has 0 saturated carbocycles. The van der Waals surface area contributed by atoms with Gasteiger partial charge in [0.05, 0.1) is 5.56 Å². The molecule has 1 aromatic carbocycles. The van der Waals surface area contributed by atoms with Crippen LogP contribution in [0.5, 0.6) is 0 Å². The number of hydrogen-bond acceptors (Lipinski definition) is 4. The summed E-state index contributed by atoms with van der Waals surface area (Å²) in [6, 6.07) is 9.88. The molecular weight excluding hydrogens is 397 g/mol. The fourth-order valence-corrected chi connectivity index (χ4v) is 3.26. The number of guanidine groups is 1. The van der Waals surface area contributed by atoms with Gasteiger partial charge in [0.25, 0.3) is 0 Å². The van der Waals surface area contributed by atoms with Crippen molar-refractivity contribution in [2.75, 3.05) is 37.3 Å². The topological polar surface area (TPSA) is 90.4 Å². The van der Waals surface area contributed by atoms with Crippen LogP contribution in [0.15, 0.2) is 47.6 Å². The van der Waals surface area contributed by atoms with Crippen LogP contribution < -0.4 is 21.3 Å². The Morgan fingerprint density at radius 2 is 2.00 bits per heavy atom. The van der Waals surface area contributed by atoms with Crippen LogP contribution in [0.2, 0.25) is 0 Å². The van der Waals surface area contributed by atoms with E-state index in [1.165, 1.54) is 12.3 Å². The molecule has 0 spiro atoms. The summed E-state index contributed by atoms with van der Waals surface area (Å²) in [6.07, 6.45) is -2.80. The predicted octanol–water partition coefficient (Wildman–Crippen LogP) is 2.80. The Bertz CT molecular complexity index is 915. The third kappa shape index (κ3) is 5.40. The monoisotopic (exact) mass is 420 g/mol. The maximum Gasteiger partial charge on any atom is 0.419 e. The van der Waals surface area contributed by atoms with Crippen molar-refractivity contribution in [3.63, 3.8) is 0 Å². The number of nitrogens with zero attached hydrogens (tertiary/aromatic N) is 2. The third-order valence-electron chi connectivity index (χ3n) is 4.67. The van der Waals surface area contributed by atoms with E-state index in [4.69, 9.17) is 0 Å². The number of hydrogen-bond donors (Lipinski definition) is 4. The van der Waals surface area contributed by atoms with Crippen molar-refractivity contribution in [2.45, 2.75) is 18.5 Å². The van der Waals surface area contributed by atoms with Crippen molar-refractivity contribution in [1.29, 1.82) is 0 Å². The van der Waals surface area contributed by atoms with Crippen molar-refractivity contribution < 1.29 is 18.0 Å². The molecule has 0 fully saturated rings. The summed E-state index contributed by atoms with van der Waals surface area (Å²) in [5.74, 6) is 0.245. The standard InChI is InChI=1S/C20H23F3N6O/c1-24-19(27-10-9-26-18-15(20(21,22)23)6-4-8-25-18)28-12-13-11-17(30)29-16-7-3-2-5-14(13)16/h2-8,13H,9-12H2,1H3,(H,25,26)(H,29,30)(H2,24,27,28). The van der Waals surface area contributed by atoms with Gasteiger partial charge >= 0.3 is 6.18 Å². The number of pyridine rings is 1. The highest BCUT2D eigenvalue weighted by Gasteiger charge is 2.34. The van der Waals surface area contributed by atoms with Crippen molar-refractivity contribution in [1.82, 2.24) is 15.6 Å². The lowest BCUT2D eigenvalue weighted by Gasteiger charge is -2.26. The molecule has 2 aromatic rings. The van der Waals surface area contributed by atoms with Gasteiger partial charge in [0.2, 0.25) is 5.91 Å². The van der Waals surface area contributed by atoms with Gasteiger partial charge in [-0.05, 0) is 23.8 Å². The van der Waals surface area contributed by atoms with Gasteiger partial charge < -0.3 is 21.3 Å². The highest BCUT2D eigenvalue weighted by molar-refractivity contribution is 5.94. The van der Waals surface area contributed by atoms with E-state index in [2.05, 4.69) is 31.2 Å². The highest BCUT2D eigenvalue weighted by Crippen LogP contribution is 2.33. The maximum absolute atomic E-state index is 13.0. The van der Waals surface area contributed by atoms with Gasteiger partial charge in [-0.2, -0.15) is 13.2 Å².